The summed E-state index contributed by atoms with van der Waals surface area (Å²) in [4.78, 5) is 31.3. The Balaban J connectivity index is 1.77. The highest BCUT2D eigenvalue weighted by Gasteiger charge is 2.18. The fourth-order valence-electron chi connectivity index (χ4n) is 4.00. The number of nitrogens with zero attached hydrogens (tertiary/aromatic N) is 3. The van der Waals surface area contributed by atoms with Crippen molar-refractivity contribution in [3.8, 4) is 5.69 Å². The Morgan fingerprint density at radius 3 is 2.44 bits per heavy atom. The van der Waals surface area contributed by atoms with Crippen molar-refractivity contribution in [3.63, 3.8) is 0 Å². The lowest BCUT2D eigenvalue weighted by molar-refractivity contribution is 0.102. The van der Waals surface area contributed by atoms with E-state index in [1.54, 1.807) is 22.8 Å². The maximum atomic E-state index is 13.5. The number of Topliss-reactive ketones (excluding diaryl/α,β-unsaturated/α-hetero) is 1. The monoisotopic (exact) mass is 493 g/mol. The largest absolute Gasteiger partial charge is 0.351 e. The van der Waals surface area contributed by atoms with Gasteiger partial charge in [0.1, 0.15) is 0 Å². The molecule has 0 aliphatic heterocycles. The molecule has 0 amide bonds. The molecular weight excluding hydrogens is 466 g/mol. The molecule has 0 aliphatic carbocycles. The van der Waals surface area contributed by atoms with Crippen molar-refractivity contribution in [2.75, 3.05) is 5.75 Å². The van der Waals surface area contributed by atoms with E-state index in [1.165, 1.54) is 17.3 Å². The fourth-order valence-corrected chi connectivity index (χ4v) is 5.06. The second kappa shape index (κ2) is 9.80. The van der Waals surface area contributed by atoms with Gasteiger partial charge >= 0.3 is 0 Å². The summed E-state index contributed by atoms with van der Waals surface area (Å²) in [6.45, 7) is 8.26. The van der Waals surface area contributed by atoms with Gasteiger partial charge in [0, 0.05) is 29.0 Å². The Kier molecular flexibility index (Phi) is 7.01. The number of rotatable bonds is 7. The number of thioether (sulfide) groups is 1. The summed E-state index contributed by atoms with van der Waals surface area (Å²) in [7, 11) is 1.95. The molecule has 2 heterocycles. The Labute approximate surface area is 208 Å². The number of hydrogen-bond donors (Lipinski definition) is 0. The van der Waals surface area contributed by atoms with Gasteiger partial charge in [0.05, 0.1) is 22.3 Å². The van der Waals surface area contributed by atoms with Gasteiger partial charge in [-0.15, -0.1) is 0 Å². The molecule has 1 unspecified atom stereocenters. The minimum Gasteiger partial charge on any atom is -0.351 e. The van der Waals surface area contributed by atoms with E-state index in [2.05, 4.69) is 26.0 Å². The van der Waals surface area contributed by atoms with E-state index in [0.717, 1.165) is 23.5 Å². The molecule has 0 radical (unpaired) electrons. The van der Waals surface area contributed by atoms with Crippen LogP contribution in [0.1, 0.15) is 53.5 Å². The van der Waals surface area contributed by atoms with Crippen LogP contribution in [0.4, 0.5) is 0 Å². The smallest absolute Gasteiger partial charge is 0.266 e. The van der Waals surface area contributed by atoms with E-state index in [0.29, 0.717) is 32.6 Å². The highest BCUT2D eigenvalue weighted by atomic mass is 35.5. The average Bonchev–Trinajstić information content (AvgIpc) is 3.09. The zero-order chi connectivity index (χ0) is 24.6. The molecule has 0 saturated heterocycles. The SMILES string of the molecule is CCC(C)c1ccc(-n2c(SCC(=O)c3cc(C)n(C)c3C)nc3cc(Cl)ccc3c2=O)cc1. The molecule has 5 nitrogen and oxygen atoms in total. The molecule has 7 heteroatoms. The molecular formula is C27H28ClN3O2S. The van der Waals surface area contributed by atoms with Crippen LogP contribution in [-0.2, 0) is 7.05 Å². The molecule has 4 rings (SSSR count). The predicted octanol–water partition coefficient (Wildman–Crippen LogP) is 6.48. The number of aromatic nitrogens is 3. The molecule has 0 saturated carbocycles. The second-order valence-electron chi connectivity index (χ2n) is 8.65. The van der Waals surface area contributed by atoms with Gasteiger partial charge in [0.25, 0.3) is 5.56 Å². The Morgan fingerprint density at radius 1 is 1.12 bits per heavy atom. The van der Waals surface area contributed by atoms with Crippen LogP contribution in [0, 0.1) is 13.8 Å². The summed E-state index contributed by atoms with van der Waals surface area (Å²) >= 11 is 7.44. The van der Waals surface area contributed by atoms with Crippen molar-refractivity contribution < 1.29 is 4.79 Å². The van der Waals surface area contributed by atoms with E-state index in [4.69, 9.17) is 16.6 Å². The van der Waals surface area contributed by atoms with Crippen LogP contribution < -0.4 is 5.56 Å². The van der Waals surface area contributed by atoms with E-state index >= 15 is 0 Å². The van der Waals surface area contributed by atoms with Gasteiger partial charge in [0.15, 0.2) is 10.9 Å². The first kappa shape index (κ1) is 24.3. The molecule has 4 aromatic rings. The fraction of sp³-hybridized carbons (Fsp3) is 0.296. The van der Waals surface area contributed by atoms with Crippen LogP contribution in [-0.4, -0.2) is 25.7 Å². The third kappa shape index (κ3) is 4.57. The standard InChI is InChI=1S/C27H28ClN3O2S/c1-6-16(2)19-7-10-21(11-8-19)31-26(33)22-12-9-20(28)14-24(22)29-27(31)34-15-25(32)23-13-17(3)30(5)18(23)4/h7-14,16H,6,15H2,1-5H3. The number of fused-ring (bicyclic) bond motifs is 1. The third-order valence-corrected chi connectivity index (χ3v) is 7.71. The van der Waals surface area contributed by atoms with Gasteiger partial charge < -0.3 is 4.57 Å². The lowest BCUT2D eigenvalue weighted by Crippen LogP contribution is -2.22. The summed E-state index contributed by atoms with van der Waals surface area (Å²) in [6.07, 6.45) is 1.04. The number of ketones is 1. The molecule has 2 aromatic carbocycles. The van der Waals surface area contributed by atoms with Crippen LogP contribution in [0.2, 0.25) is 5.02 Å². The molecule has 0 spiro atoms. The normalized spacial score (nSPS) is 12.3. The zero-order valence-corrected chi connectivity index (χ0v) is 21.6. The summed E-state index contributed by atoms with van der Waals surface area (Å²) in [5, 5.41) is 1.47. The molecule has 1 atom stereocenters. The van der Waals surface area contributed by atoms with Crippen LogP contribution in [0.15, 0.2) is 58.5 Å². The predicted molar refractivity (Wildman–Crippen MR) is 141 cm³/mol. The number of aryl methyl sites for hydroxylation is 1. The first-order chi connectivity index (χ1) is 16.2. The van der Waals surface area contributed by atoms with Gasteiger partial charge in [0.2, 0.25) is 0 Å². The van der Waals surface area contributed by atoms with E-state index in [-0.39, 0.29) is 17.1 Å². The molecule has 0 fully saturated rings. The number of benzene rings is 2. The van der Waals surface area contributed by atoms with Gasteiger partial charge in [-0.25, -0.2) is 4.98 Å². The van der Waals surface area contributed by atoms with E-state index in [9.17, 15) is 9.59 Å². The molecule has 0 N–H and O–H groups in total. The van der Waals surface area contributed by atoms with E-state index in [1.807, 2.05) is 43.7 Å². The summed E-state index contributed by atoms with van der Waals surface area (Å²) in [6, 6.07) is 15.0. The van der Waals surface area contributed by atoms with Crippen molar-refractivity contribution in [2.24, 2.45) is 7.05 Å². The molecule has 34 heavy (non-hydrogen) atoms. The van der Waals surface area contributed by atoms with Gasteiger partial charge in [-0.3, -0.25) is 14.2 Å². The van der Waals surface area contributed by atoms with Crippen molar-refractivity contribution in [3.05, 3.63) is 86.4 Å². The van der Waals surface area contributed by atoms with Crippen LogP contribution in [0.3, 0.4) is 0 Å². The minimum atomic E-state index is -0.181. The summed E-state index contributed by atoms with van der Waals surface area (Å²) in [5.41, 5.74) is 4.94. The topological polar surface area (TPSA) is 56.9 Å². The Hall–Kier alpha value is -2.83. The van der Waals surface area contributed by atoms with Crippen LogP contribution >= 0.6 is 23.4 Å². The van der Waals surface area contributed by atoms with Crippen molar-refractivity contribution in [1.29, 1.82) is 0 Å². The second-order valence-corrected chi connectivity index (χ2v) is 10.0. The van der Waals surface area contributed by atoms with Crippen molar-refractivity contribution >= 4 is 40.0 Å². The number of carbonyl (C=O) groups is 1. The third-order valence-electron chi connectivity index (χ3n) is 6.54. The number of halogens is 1. The molecule has 0 aliphatic rings. The van der Waals surface area contributed by atoms with Crippen LogP contribution in [0.5, 0.6) is 0 Å². The lowest BCUT2D eigenvalue weighted by atomic mass is 9.98. The first-order valence-corrected chi connectivity index (χ1v) is 12.7. The van der Waals surface area contributed by atoms with Crippen LogP contribution in [0.25, 0.3) is 16.6 Å². The van der Waals surface area contributed by atoms with E-state index < -0.39 is 0 Å². The van der Waals surface area contributed by atoms with Gasteiger partial charge in [-0.1, -0.05) is 49.3 Å². The Morgan fingerprint density at radius 2 is 1.82 bits per heavy atom. The highest BCUT2D eigenvalue weighted by molar-refractivity contribution is 7.99. The lowest BCUT2D eigenvalue weighted by Gasteiger charge is -2.15. The quantitative estimate of drug-likeness (QED) is 0.168. The number of carbonyl (C=O) groups excluding carboxylic acids is 1. The first-order valence-electron chi connectivity index (χ1n) is 11.3. The Bertz CT molecular complexity index is 1440. The molecule has 176 valence electrons. The van der Waals surface area contributed by atoms with Gasteiger partial charge in [-0.2, -0.15) is 0 Å². The molecule has 0 bridgehead atoms. The summed E-state index contributed by atoms with van der Waals surface area (Å²) < 4.78 is 3.60. The number of hydrogen-bond acceptors (Lipinski definition) is 4. The molecule has 2 aromatic heterocycles. The summed E-state index contributed by atoms with van der Waals surface area (Å²) in [5.74, 6) is 0.616. The average molecular weight is 494 g/mol. The van der Waals surface area contributed by atoms with Crippen molar-refractivity contribution in [2.45, 2.75) is 45.2 Å². The maximum Gasteiger partial charge on any atom is 0.266 e. The minimum absolute atomic E-state index is 0.00492. The maximum absolute atomic E-state index is 13.5. The zero-order valence-electron chi connectivity index (χ0n) is 20.1. The highest BCUT2D eigenvalue weighted by Crippen LogP contribution is 2.26. The van der Waals surface area contributed by atoms with Crippen molar-refractivity contribution in [1.82, 2.24) is 14.1 Å². The van der Waals surface area contributed by atoms with Gasteiger partial charge in [-0.05, 0) is 68.1 Å².